The Morgan fingerprint density at radius 2 is 1.67 bits per heavy atom. The number of nitrogens with zero attached hydrogens (tertiary/aromatic N) is 2. The topological polar surface area (TPSA) is 66.9 Å². The van der Waals surface area contributed by atoms with Crippen LogP contribution in [-0.2, 0) is 19.1 Å². The van der Waals surface area contributed by atoms with Gasteiger partial charge in [-0.1, -0.05) is 43.2 Å². The molecular weight excluding hydrogens is 344 g/mol. The number of benzene rings is 1. The molecule has 0 bridgehead atoms. The summed E-state index contributed by atoms with van der Waals surface area (Å²) < 4.78 is 6.00. The van der Waals surface area contributed by atoms with Crippen LogP contribution in [0.3, 0.4) is 0 Å². The van der Waals surface area contributed by atoms with Gasteiger partial charge in [0.05, 0.1) is 24.5 Å². The van der Waals surface area contributed by atoms with Crippen LogP contribution in [0.2, 0.25) is 0 Å². The van der Waals surface area contributed by atoms with Gasteiger partial charge in [0.15, 0.2) is 0 Å². The van der Waals surface area contributed by atoms with Crippen LogP contribution < -0.4 is 0 Å². The van der Waals surface area contributed by atoms with Crippen molar-refractivity contribution in [3.63, 3.8) is 0 Å². The molecule has 3 fully saturated rings. The van der Waals surface area contributed by atoms with Gasteiger partial charge in [-0.3, -0.25) is 19.3 Å². The average molecular weight is 370 g/mol. The second-order valence-corrected chi connectivity index (χ2v) is 7.90. The number of carbonyl (C=O) groups excluding carboxylic acids is 3. The average Bonchev–Trinajstić information content (AvgIpc) is 2.93. The van der Waals surface area contributed by atoms with E-state index in [0.717, 1.165) is 31.2 Å². The molecule has 144 valence electrons. The molecule has 1 aromatic carbocycles. The van der Waals surface area contributed by atoms with Crippen molar-refractivity contribution in [3.8, 4) is 0 Å². The molecule has 0 aromatic heterocycles. The zero-order valence-corrected chi connectivity index (χ0v) is 15.7. The molecule has 0 radical (unpaired) electrons. The molecule has 6 nitrogen and oxygen atoms in total. The van der Waals surface area contributed by atoms with Gasteiger partial charge in [0.1, 0.15) is 12.6 Å². The van der Waals surface area contributed by atoms with E-state index in [-0.39, 0.29) is 48.3 Å². The highest BCUT2D eigenvalue weighted by molar-refractivity contribution is 6.07. The Balaban J connectivity index is 1.44. The molecular formula is C21H26N2O4. The van der Waals surface area contributed by atoms with Gasteiger partial charge in [-0.05, 0) is 25.3 Å². The molecule has 1 aliphatic carbocycles. The van der Waals surface area contributed by atoms with E-state index in [1.54, 1.807) is 4.90 Å². The summed E-state index contributed by atoms with van der Waals surface area (Å²) in [4.78, 5) is 41.1. The van der Waals surface area contributed by atoms with E-state index in [0.29, 0.717) is 13.1 Å². The maximum atomic E-state index is 12.9. The first-order valence-corrected chi connectivity index (χ1v) is 9.88. The first kappa shape index (κ1) is 18.2. The Morgan fingerprint density at radius 3 is 2.30 bits per heavy atom. The molecule has 0 unspecified atom stereocenters. The standard InChI is InChI=1S/C21H26N2O4/c1-14-11-22(12-18(27-14)15-7-3-2-4-8-15)19(24)13-23-20(25)16-9-5-6-10-17(16)21(23)26/h2-4,7-8,14,16-18H,5-6,9-13H2,1H3/t14-,16-,17-,18+/m1/s1. The van der Waals surface area contributed by atoms with Gasteiger partial charge in [0, 0.05) is 6.54 Å². The number of carbonyl (C=O) groups is 3. The van der Waals surface area contributed by atoms with Crippen molar-refractivity contribution < 1.29 is 19.1 Å². The van der Waals surface area contributed by atoms with Gasteiger partial charge in [-0.15, -0.1) is 0 Å². The van der Waals surface area contributed by atoms with Crippen LogP contribution >= 0.6 is 0 Å². The first-order chi connectivity index (χ1) is 13.0. The second-order valence-electron chi connectivity index (χ2n) is 7.90. The predicted octanol–water partition coefficient (Wildman–Crippen LogP) is 2.15. The molecule has 4 atom stereocenters. The number of amides is 3. The first-order valence-electron chi connectivity index (χ1n) is 9.88. The van der Waals surface area contributed by atoms with Gasteiger partial charge in [-0.25, -0.2) is 0 Å². The zero-order valence-electron chi connectivity index (χ0n) is 15.7. The summed E-state index contributed by atoms with van der Waals surface area (Å²) in [6, 6.07) is 9.83. The van der Waals surface area contributed by atoms with Gasteiger partial charge in [0.2, 0.25) is 17.7 Å². The largest absolute Gasteiger partial charge is 0.367 e. The van der Waals surface area contributed by atoms with Crippen molar-refractivity contribution in [2.24, 2.45) is 11.8 Å². The van der Waals surface area contributed by atoms with Crippen molar-refractivity contribution in [3.05, 3.63) is 35.9 Å². The molecule has 0 N–H and O–H groups in total. The lowest BCUT2D eigenvalue weighted by atomic mass is 9.81. The highest BCUT2D eigenvalue weighted by Gasteiger charge is 2.49. The van der Waals surface area contributed by atoms with Crippen LogP contribution in [0.4, 0.5) is 0 Å². The highest BCUT2D eigenvalue weighted by atomic mass is 16.5. The number of fused-ring (bicyclic) bond motifs is 1. The number of likely N-dealkylation sites (tertiary alicyclic amines) is 1. The summed E-state index contributed by atoms with van der Waals surface area (Å²) in [6.07, 6.45) is 3.23. The maximum absolute atomic E-state index is 12.9. The minimum atomic E-state index is -0.209. The lowest BCUT2D eigenvalue weighted by molar-refractivity contribution is -0.152. The summed E-state index contributed by atoms with van der Waals surface area (Å²) in [7, 11) is 0. The number of rotatable bonds is 3. The van der Waals surface area contributed by atoms with Gasteiger partial charge in [0.25, 0.3) is 0 Å². The van der Waals surface area contributed by atoms with Crippen LogP contribution in [0.15, 0.2) is 30.3 Å². The Labute approximate surface area is 159 Å². The SMILES string of the molecule is C[C@@H]1CN(C(=O)CN2C(=O)[C@@H]3CCCC[C@H]3C2=O)C[C@@H](c2ccccc2)O1. The van der Waals surface area contributed by atoms with Crippen LogP contribution in [0.5, 0.6) is 0 Å². The monoisotopic (exact) mass is 370 g/mol. The van der Waals surface area contributed by atoms with Crippen molar-refractivity contribution in [2.75, 3.05) is 19.6 Å². The summed E-state index contributed by atoms with van der Waals surface area (Å²) in [6.45, 7) is 2.72. The van der Waals surface area contributed by atoms with Crippen LogP contribution in [0.25, 0.3) is 0 Å². The smallest absolute Gasteiger partial charge is 0.242 e. The summed E-state index contributed by atoms with van der Waals surface area (Å²) in [5.41, 5.74) is 1.03. The number of morpholine rings is 1. The molecule has 2 saturated heterocycles. The molecule has 2 aliphatic heterocycles. The van der Waals surface area contributed by atoms with Crippen LogP contribution in [0, 0.1) is 11.8 Å². The fraction of sp³-hybridized carbons (Fsp3) is 0.571. The third-order valence-electron chi connectivity index (χ3n) is 6.01. The third-order valence-corrected chi connectivity index (χ3v) is 6.01. The van der Waals surface area contributed by atoms with Crippen LogP contribution in [0.1, 0.15) is 44.3 Å². The molecule has 3 aliphatic rings. The number of hydrogen-bond donors (Lipinski definition) is 0. The van der Waals surface area contributed by atoms with Crippen molar-refractivity contribution >= 4 is 17.7 Å². The normalized spacial score (nSPS) is 31.1. The lowest BCUT2D eigenvalue weighted by Crippen LogP contribution is -2.50. The Kier molecular flexibility index (Phi) is 5.00. The van der Waals surface area contributed by atoms with E-state index >= 15 is 0 Å². The molecule has 4 rings (SSSR count). The minimum Gasteiger partial charge on any atom is -0.367 e. The number of imide groups is 1. The summed E-state index contributed by atoms with van der Waals surface area (Å²) in [5.74, 6) is -0.899. The Hall–Kier alpha value is -2.21. The van der Waals surface area contributed by atoms with Gasteiger partial charge in [-0.2, -0.15) is 0 Å². The molecule has 6 heteroatoms. The molecule has 27 heavy (non-hydrogen) atoms. The minimum absolute atomic E-state index is 0.0968. The second kappa shape index (κ2) is 7.43. The van der Waals surface area contributed by atoms with E-state index in [1.807, 2.05) is 37.3 Å². The summed E-state index contributed by atoms with van der Waals surface area (Å²) in [5, 5.41) is 0. The van der Waals surface area contributed by atoms with E-state index in [2.05, 4.69) is 0 Å². The maximum Gasteiger partial charge on any atom is 0.242 e. The van der Waals surface area contributed by atoms with E-state index in [9.17, 15) is 14.4 Å². The highest BCUT2D eigenvalue weighted by Crippen LogP contribution is 2.38. The van der Waals surface area contributed by atoms with E-state index < -0.39 is 0 Å². The predicted molar refractivity (Wildman–Crippen MR) is 98.5 cm³/mol. The van der Waals surface area contributed by atoms with Crippen LogP contribution in [-0.4, -0.2) is 53.3 Å². The molecule has 2 heterocycles. The van der Waals surface area contributed by atoms with E-state index in [4.69, 9.17) is 4.74 Å². The molecule has 1 saturated carbocycles. The molecule has 1 aromatic rings. The van der Waals surface area contributed by atoms with Crippen molar-refractivity contribution in [2.45, 2.75) is 44.8 Å². The summed E-state index contributed by atoms with van der Waals surface area (Å²) >= 11 is 0. The number of ether oxygens (including phenoxy) is 1. The van der Waals surface area contributed by atoms with Gasteiger partial charge < -0.3 is 9.64 Å². The Bertz CT molecular complexity index is 711. The Morgan fingerprint density at radius 1 is 1.04 bits per heavy atom. The fourth-order valence-electron chi connectivity index (χ4n) is 4.63. The molecule has 0 spiro atoms. The van der Waals surface area contributed by atoms with Gasteiger partial charge >= 0.3 is 0 Å². The van der Waals surface area contributed by atoms with Crippen molar-refractivity contribution in [1.82, 2.24) is 9.80 Å². The fourth-order valence-corrected chi connectivity index (χ4v) is 4.63. The van der Waals surface area contributed by atoms with E-state index in [1.165, 1.54) is 4.90 Å². The number of hydrogen-bond acceptors (Lipinski definition) is 4. The zero-order chi connectivity index (χ0) is 19.0. The lowest BCUT2D eigenvalue weighted by Gasteiger charge is -2.37. The van der Waals surface area contributed by atoms with Crippen molar-refractivity contribution in [1.29, 1.82) is 0 Å². The third kappa shape index (κ3) is 3.50. The molecule has 3 amide bonds. The quantitative estimate of drug-likeness (QED) is 0.765.